The lowest BCUT2D eigenvalue weighted by Crippen LogP contribution is -2.29. The molecule has 0 aromatic carbocycles. The van der Waals surface area contributed by atoms with E-state index in [0.29, 0.717) is 24.1 Å². The Labute approximate surface area is 101 Å². The first-order valence-corrected chi connectivity index (χ1v) is 5.72. The van der Waals surface area contributed by atoms with Crippen molar-refractivity contribution in [1.29, 1.82) is 0 Å². The number of methoxy groups -OCH3 is 2. The van der Waals surface area contributed by atoms with Gasteiger partial charge in [-0.1, -0.05) is 0 Å². The van der Waals surface area contributed by atoms with E-state index in [-0.39, 0.29) is 0 Å². The van der Waals surface area contributed by atoms with Gasteiger partial charge in [-0.15, -0.1) is 0 Å². The molecule has 0 amide bonds. The van der Waals surface area contributed by atoms with Crippen LogP contribution >= 0.6 is 0 Å². The zero-order chi connectivity index (χ0) is 12.1. The molecule has 1 aliphatic heterocycles. The first-order valence-electron chi connectivity index (χ1n) is 5.72. The molecular formula is C12H18N2O3. The predicted molar refractivity (Wildman–Crippen MR) is 63.4 cm³/mol. The molecular weight excluding hydrogens is 220 g/mol. The second kappa shape index (κ2) is 5.84. The molecule has 0 radical (unpaired) electrons. The number of nitrogens with one attached hydrogen (secondary N) is 1. The third-order valence-electron chi connectivity index (χ3n) is 2.85. The summed E-state index contributed by atoms with van der Waals surface area (Å²) in [6.07, 6.45) is 2.77. The van der Waals surface area contributed by atoms with E-state index in [1.165, 1.54) is 0 Å². The first kappa shape index (κ1) is 12.1. The van der Waals surface area contributed by atoms with Crippen molar-refractivity contribution >= 4 is 0 Å². The van der Waals surface area contributed by atoms with Crippen LogP contribution in [-0.2, 0) is 11.3 Å². The highest BCUT2D eigenvalue weighted by Gasteiger charge is 2.17. The van der Waals surface area contributed by atoms with Crippen LogP contribution in [0.15, 0.2) is 12.3 Å². The number of hydrogen-bond donors (Lipinski definition) is 1. The summed E-state index contributed by atoms with van der Waals surface area (Å²) in [4.78, 5) is 4.31. The summed E-state index contributed by atoms with van der Waals surface area (Å²) in [5.74, 6) is 1.41. The third kappa shape index (κ3) is 2.87. The lowest BCUT2D eigenvalue weighted by Gasteiger charge is -2.14. The Morgan fingerprint density at radius 1 is 1.47 bits per heavy atom. The maximum Gasteiger partial charge on any atom is 0.183 e. The molecule has 1 atom stereocenters. The summed E-state index contributed by atoms with van der Waals surface area (Å²) in [7, 11) is 3.25. The van der Waals surface area contributed by atoms with E-state index < -0.39 is 0 Å². The standard InChI is InChI=1S/C12H18N2O3/c1-15-11-3-5-13-10(12(11)16-2)7-14-9-4-6-17-8-9/h3,5,9,14H,4,6-8H2,1-2H3. The fraction of sp³-hybridized carbons (Fsp3) is 0.583. The van der Waals surface area contributed by atoms with Crippen molar-refractivity contribution in [3.8, 4) is 11.5 Å². The Kier molecular flexibility index (Phi) is 4.17. The largest absolute Gasteiger partial charge is 0.493 e. The van der Waals surface area contributed by atoms with E-state index in [1.807, 2.05) is 0 Å². The summed E-state index contributed by atoms with van der Waals surface area (Å²) in [6, 6.07) is 2.20. The fourth-order valence-electron chi connectivity index (χ4n) is 1.91. The predicted octanol–water partition coefficient (Wildman–Crippen LogP) is 0.977. The summed E-state index contributed by atoms with van der Waals surface area (Å²) < 4.78 is 15.9. The van der Waals surface area contributed by atoms with Crippen molar-refractivity contribution in [3.63, 3.8) is 0 Å². The smallest absolute Gasteiger partial charge is 0.183 e. The molecule has 94 valence electrons. The van der Waals surface area contributed by atoms with Gasteiger partial charge in [0, 0.05) is 31.5 Å². The molecule has 1 unspecified atom stereocenters. The highest BCUT2D eigenvalue weighted by molar-refractivity contribution is 5.42. The average molecular weight is 238 g/mol. The van der Waals surface area contributed by atoms with Gasteiger partial charge in [0.2, 0.25) is 0 Å². The third-order valence-corrected chi connectivity index (χ3v) is 2.85. The minimum absolute atomic E-state index is 0.410. The van der Waals surface area contributed by atoms with E-state index >= 15 is 0 Å². The highest BCUT2D eigenvalue weighted by atomic mass is 16.5. The molecule has 0 aliphatic carbocycles. The molecule has 0 spiro atoms. The molecule has 1 aliphatic rings. The van der Waals surface area contributed by atoms with Gasteiger partial charge in [-0.25, -0.2) is 0 Å². The maximum atomic E-state index is 5.32. The van der Waals surface area contributed by atoms with Crippen molar-refractivity contribution in [1.82, 2.24) is 10.3 Å². The van der Waals surface area contributed by atoms with Crippen LogP contribution in [0.2, 0.25) is 0 Å². The SMILES string of the molecule is COc1ccnc(CNC2CCOC2)c1OC. The van der Waals surface area contributed by atoms with E-state index in [4.69, 9.17) is 14.2 Å². The monoisotopic (exact) mass is 238 g/mol. The zero-order valence-corrected chi connectivity index (χ0v) is 10.2. The van der Waals surface area contributed by atoms with Crippen molar-refractivity contribution in [2.45, 2.75) is 19.0 Å². The Bertz CT molecular complexity index is 365. The van der Waals surface area contributed by atoms with Crippen LogP contribution < -0.4 is 14.8 Å². The molecule has 1 aromatic heterocycles. The highest BCUT2D eigenvalue weighted by Crippen LogP contribution is 2.28. The number of hydrogen-bond acceptors (Lipinski definition) is 5. The summed E-state index contributed by atoms with van der Waals surface area (Å²) in [5.41, 5.74) is 0.860. The van der Waals surface area contributed by atoms with Crippen LogP contribution in [0.1, 0.15) is 12.1 Å². The van der Waals surface area contributed by atoms with Crippen LogP contribution in [0, 0.1) is 0 Å². The van der Waals surface area contributed by atoms with E-state index in [9.17, 15) is 0 Å². The maximum absolute atomic E-state index is 5.32. The zero-order valence-electron chi connectivity index (χ0n) is 10.2. The van der Waals surface area contributed by atoms with Crippen molar-refractivity contribution in [3.05, 3.63) is 18.0 Å². The second-order valence-corrected chi connectivity index (χ2v) is 3.93. The van der Waals surface area contributed by atoms with Gasteiger partial charge >= 0.3 is 0 Å². The average Bonchev–Trinajstić information content (AvgIpc) is 2.88. The van der Waals surface area contributed by atoms with Gasteiger partial charge in [0.05, 0.1) is 26.5 Å². The minimum atomic E-state index is 0.410. The van der Waals surface area contributed by atoms with E-state index in [0.717, 1.165) is 25.3 Å². The Morgan fingerprint density at radius 2 is 2.35 bits per heavy atom. The molecule has 0 bridgehead atoms. The summed E-state index contributed by atoms with van der Waals surface area (Å²) in [5, 5.41) is 3.40. The molecule has 1 N–H and O–H groups in total. The molecule has 1 fully saturated rings. The summed E-state index contributed by atoms with van der Waals surface area (Å²) in [6.45, 7) is 2.26. The molecule has 1 aromatic rings. The second-order valence-electron chi connectivity index (χ2n) is 3.93. The van der Waals surface area contributed by atoms with E-state index in [1.54, 1.807) is 26.5 Å². The normalized spacial score (nSPS) is 19.3. The van der Waals surface area contributed by atoms with Crippen LogP contribution in [0.3, 0.4) is 0 Å². The first-order chi connectivity index (χ1) is 8.35. The molecule has 1 saturated heterocycles. The molecule has 5 heteroatoms. The lowest BCUT2D eigenvalue weighted by molar-refractivity contribution is 0.189. The molecule has 17 heavy (non-hydrogen) atoms. The number of ether oxygens (including phenoxy) is 3. The molecule has 2 heterocycles. The van der Waals surface area contributed by atoms with Crippen molar-refractivity contribution in [2.24, 2.45) is 0 Å². The van der Waals surface area contributed by atoms with Crippen LogP contribution in [0.5, 0.6) is 11.5 Å². The van der Waals surface area contributed by atoms with Gasteiger partial charge in [0.25, 0.3) is 0 Å². The number of pyridine rings is 1. The van der Waals surface area contributed by atoms with Crippen molar-refractivity contribution in [2.75, 3.05) is 27.4 Å². The van der Waals surface area contributed by atoms with E-state index in [2.05, 4.69) is 10.3 Å². The Hall–Kier alpha value is -1.33. The molecule has 2 rings (SSSR count). The van der Waals surface area contributed by atoms with Crippen LogP contribution in [0.4, 0.5) is 0 Å². The quantitative estimate of drug-likeness (QED) is 0.828. The number of nitrogens with zero attached hydrogens (tertiary/aromatic N) is 1. The van der Waals surface area contributed by atoms with Crippen molar-refractivity contribution < 1.29 is 14.2 Å². The van der Waals surface area contributed by atoms with Crippen LogP contribution in [0.25, 0.3) is 0 Å². The Morgan fingerprint density at radius 3 is 3.00 bits per heavy atom. The fourth-order valence-corrected chi connectivity index (χ4v) is 1.91. The van der Waals surface area contributed by atoms with Crippen LogP contribution in [-0.4, -0.2) is 38.5 Å². The van der Waals surface area contributed by atoms with Gasteiger partial charge in [-0.2, -0.15) is 0 Å². The Balaban J connectivity index is 2.03. The molecule has 0 saturated carbocycles. The van der Waals surface area contributed by atoms with Gasteiger partial charge < -0.3 is 19.5 Å². The van der Waals surface area contributed by atoms with Gasteiger partial charge in [0.1, 0.15) is 0 Å². The number of aromatic nitrogens is 1. The lowest BCUT2D eigenvalue weighted by atomic mass is 10.2. The van der Waals surface area contributed by atoms with Gasteiger partial charge in [0.15, 0.2) is 11.5 Å². The topological polar surface area (TPSA) is 52.6 Å². The van der Waals surface area contributed by atoms with Gasteiger partial charge in [-0.05, 0) is 6.42 Å². The number of rotatable bonds is 5. The van der Waals surface area contributed by atoms with Gasteiger partial charge in [-0.3, -0.25) is 4.98 Å². The molecule has 5 nitrogen and oxygen atoms in total. The summed E-state index contributed by atoms with van der Waals surface area (Å²) >= 11 is 0. The minimum Gasteiger partial charge on any atom is -0.493 e.